The number of nitrogens with one attached hydrogen (secondary N) is 2. The Kier molecular flexibility index (Phi) is 7.95. The minimum atomic E-state index is -0.695. The summed E-state index contributed by atoms with van der Waals surface area (Å²) in [5, 5.41) is 4.94. The fourth-order valence-electron chi connectivity index (χ4n) is 2.98. The van der Waals surface area contributed by atoms with Crippen molar-refractivity contribution in [3.63, 3.8) is 0 Å². The summed E-state index contributed by atoms with van der Waals surface area (Å²) in [6.07, 6.45) is 0. The first-order chi connectivity index (χ1) is 13.5. The van der Waals surface area contributed by atoms with E-state index in [9.17, 15) is 14.0 Å². The van der Waals surface area contributed by atoms with Crippen LogP contribution in [-0.4, -0.2) is 37.0 Å². The third-order valence-electron chi connectivity index (χ3n) is 4.31. The zero-order valence-electron chi connectivity index (χ0n) is 16.4. The van der Waals surface area contributed by atoms with Gasteiger partial charge in [-0.1, -0.05) is 43.3 Å². The molecule has 7 heteroatoms. The van der Waals surface area contributed by atoms with Gasteiger partial charge in [-0.15, -0.1) is 0 Å². The lowest BCUT2D eigenvalue weighted by Gasteiger charge is -2.30. The van der Waals surface area contributed by atoms with Gasteiger partial charge in [0.15, 0.2) is 11.6 Å². The molecule has 0 aromatic heterocycles. The van der Waals surface area contributed by atoms with Crippen molar-refractivity contribution >= 4 is 11.9 Å². The average molecular weight is 387 g/mol. The van der Waals surface area contributed by atoms with Crippen molar-refractivity contribution in [1.29, 1.82) is 0 Å². The molecule has 0 saturated carbocycles. The minimum absolute atomic E-state index is 0.167. The summed E-state index contributed by atoms with van der Waals surface area (Å²) < 4.78 is 19.0. The van der Waals surface area contributed by atoms with Crippen LogP contribution in [0, 0.1) is 5.82 Å². The van der Waals surface area contributed by atoms with Crippen LogP contribution in [0.2, 0.25) is 0 Å². The lowest BCUT2D eigenvalue weighted by molar-refractivity contribution is -0.125. The van der Waals surface area contributed by atoms with E-state index in [0.717, 1.165) is 5.56 Å². The number of benzene rings is 2. The van der Waals surface area contributed by atoms with Crippen LogP contribution >= 0.6 is 0 Å². The van der Waals surface area contributed by atoms with Crippen LogP contribution in [-0.2, 0) is 11.3 Å². The number of hydrogen-bond donors (Lipinski definition) is 2. The average Bonchev–Trinajstić information content (AvgIpc) is 2.68. The van der Waals surface area contributed by atoms with Gasteiger partial charge in [-0.2, -0.15) is 0 Å². The van der Waals surface area contributed by atoms with Crippen molar-refractivity contribution < 1.29 is 18.7 Å². The maximum absolute atomic E-state index is 14.1. The Hall–Kier alpha value is -2.93. The first-order valence-electron chi connectivity index (χ1n) is 9.20. The molecule has 150 valence electrons. The number of halogens is 1. The summed E-state index contributed by atoms with van der Waals surface area (Å²) in [7, 11) is 1.41. The van der Waals surface area contributed by atoms with Crippen LogP contribution in [0.4, 0.5) is 9.18 Å². The lowest BCUT2D eigenvalue weighted by Crippen LogP contribution is -2.46. The second-order valence-corrected chi connectivity index (χ2v) is 6.19. The Morgan fingerprint density at radius 2 is 1.86 bits per heavy atom. The highest BCUT2D eigenvalue weighted by Crippen LogP contribution is 2.25. The third-order valence-corrected chi connectivity index (χ3v) is 4.31. The van der Waals surface area contributed by atoms with Crippen LogP contribution in [0.15, 0.2) is 48.5 Å². The van der Waals surface area contributed by atoms with E-state index in [1.807, 2.05) is 42.2 Å². The molecule has 0 fully saturated rings. The Balaban J connectivity index is 2.30. The van der Waals surface area contributed by atoms with Crippen molar-refractivity contribution in [3.8, 4) is 5.75 Å². The first-order valence-corrected chi connectivity index (χ1v) is 9.20. The number of urea groups is 1. The topological polar surface area (TPSA) is 70.7 Å². The summed E-state index contributed by atoms with van der Waals surface area (Å²) in [5.74, 6) is -0.729. The summed E-state index contributed by atoms with van der Waals surface area (Å²) in [4.78, 5) is 26.6. The van der Waals surface area contributed by atoms with Gasteiger partial charge in [0, 0.05) is 13.1 Å². The van der Waals surface area contributed by atoms with Crippen molar-refractivity contribution in [2.24, 2.45) is 0 Å². The van der Waals surface area contributed by atoms with Crippen LogP contribution in [0.3, 0.4) is 0 Å². The van der Waals surface area contributed by atoms with E-state index in [1.54, 1.807) is 19.1 Å². The van der Waals surface area contributed by atoms with Crippen LogP contribution in [0.5, 0.6) is 5.75 Å². The molecule has 2 N–H and O–H groups in total. The van der Waals surface area contributed by atoms with E-state index >= 15 is 0 Å². The molecule has 0 aliphatic rings. The van der Waals surface area contributed by atoms with Gasteiger partial charge in [-0.25, -0.2) is 9.18 Å². The second kappa shape index (κ2) is 10.4. The molecule has 6 nitrogen and oxygen atoms in total. The lowest BCUT2D eigenvalue weighted by atomic mass is 10.0. The first kappa shape index (κ1) is 21.4. The van der Waals surface area contributed by atoms with E-state index in [4.69, 9.17) is 4.74 Å². The molecule has 0 saturated heterocycles. The maximum atomic E-state index is 14.1. The highest BCUT2D eigenvalue weighted by Gasteiger charge is 2.28. The van der Waals surface area contributed by atoms with Gasteiger partial charge >= 0.3 is 6.03 Å². The predicted molar refractivity (Wildman–Crippen MR) is 105 cm³/mol. The molecule has 28 heavy (non-hydrogen) atoms. The van der Waals surface area contributed by atoms with Gasteiger partial charge in [0.1, 0.15) is 6.04 Å². The molecule has 0 spiro atoms. The fraction of sp³-hybridized carbons (Fsp3) is 0.333. The van der Waals surface area contributed by atoms with E-state index in [2.05, 4.69) is 10.6 Å². The molecule has 0 unspecified atom stereocenters. The molecule has 0 aliphatic heterocycles. The Bertz CT molecular complexity index is 799. The van der Waals surface area contributed by atoms with Crippen molar-refractivity contribution in [2.75, 3.05) is 20.2 Å². The summed E-state index contributed by atoms with van der Waals surface area (Å²) in [5.41, 5.74) is 1.45. The molecule has 0 bridgehead atoms. The molecule has 0 aliphatic carbocycles. The van der Waals surface area contributed by atoms with E-state index in [0.29, 0.717) is 25.2 Å². The van der Waals surface area contributed by atoms with E-state index in [-0.39, 0.29) is 5.75 Å². The molecule has 3 amide bonds. The number of carbonyl (C=O) groups excluding carboxylic acids is 2. The summed E-state index contributed by atoms with van der Waals surface area (Å²) >= 11 is 0. The van der Waals surface area contributed by atoms with Gasteiger partial charge in [0.2, 0.25) is 5.91 Å². The van der Waals surface area contributed by atoms with E-state index in [1.165, 1.54) is 13.2 Å². The SMILES string of the molecule is CCNC(=O)NC(=O)[C@@H](c1ccccc1)N(CC)Cc1ccc(OC)c(F)c1. The van der Waals surface area contributed by atoms with Crippen molar-refractivity contribution in [2.45, 2.75) is 26.4 Å². The molecular weight excluding hydrogens is 361 g/mol. The van der Waals surface area contributed by atoms with Gasteiger partial charge in [0.05, 0.1) is 7.11 Å². The highest BCUT2D eigenvalue weighted by molar-refractivity contribution is 5.97. The molecule has 1 atom stereocenters. The number of nitrogens with zero attached hydrogens (tertiary/aromatic N) is 1. The number of imide groups is 1. The number of carbonyl (C=O) groups is 2. The highest BCUT2D eigenvalue weighted by atomic mass is 19.1. The van der Waals surface area contributed by atoms with Crippen molar-refractivity contribution in [3.05, 3.63) is 65.5 Å². The number of methoxy groups -OCH3 is 1. The summed E-state index contributed by atoms with van der Waals surface area (Å²) in [6, 6.07) is 12.7. The zero-order valence-corrected chi connectivity index (χ0v) is 16.4. The van der Waals surface area contributed by atoms with Gasteiger partial charge in [0.25, 0.3) is 0 Å². The van der Waals surface area contributed by atoms with Gasteiger partial charge in [-0.3, -0.25) is 15.0 Å². The monoisotopic (exact) mass is 387 g/mol. The number of hydrogen-bond acceptors (Lipinski definition) is 4. The van der Waals surface area contributed by atoms with Crippen molar-refractivity contribution in [1.82, 2.24) is 15.5 Å². The molecular formula is C21H26FN3O3. The molecule has 2 rings (SSSR count). The van der Waals surface area contributed by atoms with Crippen LogP contribution in [0.1, 0.15) is 31.0 Å². The fourth-order valence-corrected chi connectivity index (χ4v) is 2.98. The molecule has 2 aromatic rings. The standard InChI is InChI=1S/C21H26FN3O3/c1-4-23-21(27)24-20(26)19(16-9-7-6-8-10-16)25(5-2)14-15-11-12-18(28-3)17(22)13-15/h6-13,19H,4-5,14H2,1-3H3,(H2,23,24,26,27)/t19-/m1/s1. The Morgan fingerprint density at radius 1 is 1.14 bits per heavy atom. The molecule has 0 heterocycles. The van der Waals surface area contributed by atoms with Crippen LogP contribution < -0.4 is 15.4 Å². The number of likely N-dealkylation sites (N-methyl/N-ethyl adjacent to an activating group) is 1. The molecule has 0 radical (unpaired) electrons. The smallest absolute Gasteiger partial charge is 0.321 e. The number of ether oxygens (including phenoxy) is 1. The Morgan fingerprint density at radius 3 is 2.43 bits per heavy atom. The number of rotatable bonds is 8. The number of amides is 3. The zero-order chi connectivity index (χ0) is 20.5. The minimum Gasteiger partial charge on any atom is -0.494 e. The van der Waals surface area contributed by atoms with Gasteiger partial charge in [-0.05, 0) is 36.7 Å². The van der Waals surface area contributed by atoms with Crippen LogP contribution in [0.25, 0.3) is 0 Å². The Labute approximate surface area is 164 Å². The van der Waals surface area contributed by atoms with E-state index < -0.39 is 23.8 Å². The quantitative estimate of drug-likeness (QED) is 0.730. The predicted octanol–water partition coefficient (Wildman–Crippen LogP) is 3.24. The molecule has 2 aromatic carbocycles. The third kappa shape index (κ3) is 5.53. The van der Waals surface area contributed by atoms with Gasteiger partial charge < -0.3 is 10.1 Å². The second-order valence-electron chi connectivity index (χ2n) is 6.19. The summed E-state index contributed by atoms with van der Waals surface area (Å²) in [6.45, 7) is 4.96. The largest absolute Gasteiger partial charge is 0.494 e. The normalized spacial score (nSPS) is 11.8. The maximum Gasteiger partial charge on any atom is 0.321 e.